The van der Waals surface area contributed by atoms with E-state index in [9.17, 15) is 4.79 Å². The molecule has 0 unspecified atom stereocenters. The van der Waals surface area contributed by atoms with Gasteiger partial charge in [-0.3, -0.25) is 0 Å². The zero-order valence-electron chi connectivity index (χ0n) is 8.33. The van der Waals surface area contributed by atoms with Crippen LogP contribution in [0.4, 0.5) is 0 Å². The Labute approximate surface area is 104 Å². The van der Waals surface area contributed by atoms with E-state index in [0.717, 1.165) is 7.11 Å². The first-order valence-corrected chi connectivity index (χ1v) is 5.08. The first-order chi connectivity index (χ1) is 6.15. The Morgan fingerprint density at radius 2 is 1.50 bits per heavy atom. The number of carbonyl (C=O) groups is 1. The van der Waals surface area contributed by atoms with Crippen LogP contribution in [0.15, 0.2) is 0 Å². The molecule has 0 fully saturated rings. The highest BCUT2D eigenvalue weighted by atomic mass is 35.5. The third-order valence-corrected chi connectivity index (χ3v) is 3.01. The SMILES string of the molecule is CNC.COC(=O)C(Cl)(Cl)C(C)(Cl)Cl. The highest BCUT2D eigenvalue weighted by Crippen LogP contribution is 2.42. The van der Waals surface area contributed by atoms with E-state index < -0.39 is 14.6 Å². The summed E-state index contributed by atoms with van der Waals surface area (Å²) in [7, 11) is 4.89. The Morgan fingerprint density at radius 1 is 1.21 bits per heavy atom. The van der Waals surface area contributed by atoms with Crippen LogP contribution in [-0.2, 0) is 9.53 Å². The lowest BCUT2D eigenvalue weighted by Gasteiger charge is -2.25. The predicted molar refractivity (Wildman–Crippen MR) is 61.5 cm³/mol. The average molecular weight is 285 g/mol. The van der Waals surface area contributed by atoms with Gasteiger partial charge in [0.1, 0.15) is 0 Å². The monoisotopic (exact) mass is 283 g/mol. The molecule has 0 heterocycles. The molecule has 7 heteroatoms. The quantitative estimate of drug-likeness (QED) is 0.625. The summed E-state index contributed by atoms with van der Waals surface area (Å²) >= 11 is 22.0. The second-order valence-electron chi connectivity index (χ2n) is 2.45. The van der Waals surface area contributed by atoms with Crippen LogP contribution in [0.2, 0.25) is 0 Å². The van der Waals surface area contributed by atoms with Gasteiger partial charge < -0.3 is 10.1 Å². The Bertz CT molecular complexity index is 179. The predicted octanol–water partition coefficient (Wildman–Crippen LogP) is 2.36. The van der Waals surface area contributed by atoms with Crippen molar-refractivity contribution in [2.24, 2.45) is 0 Å². The van der Waals surface area contributed by atoms with Crippen molar-refractivity contribution in [3.05, 3.63) is 0 Å². The second-order valence-corrected chi connectivity index (χ2v) is 5.49. The minimum absolute atomic E-state index is 0.881. The van der Waals surface area contributed by atoms with Crippen LogP contribution in [0.25, 0.3) is 0 Å². The molecule has 0 amide bonds. The summed E-state index contributed by atoms with van der Waals surface area (Å²) < 4.78 is 0.750. The maximum Gasteiger partial charge on any atom is 0.345 e. The fourth-order valence-electron chi connectivity index (χ4n) is 0.307. The molecular weight excluding hydrogens is 272 g/mol. The van der Waals surface area contributed by atoms with E-state index in [4.69, 9.17) is 46.4 Å². The molecule has 0 aromatic rings. The van der Waals surface area contributed by atoms with Crippen LogP contribution in [0.1, 0.15) is 6.92 Å². The molecule has 0 aliphatic carbocycles. The molecule has 0 bridgehead atoms. The summed E-state index contributed by atoms with van der Waals surface area (Å²) in [5, 5.41) is 2.75. The molecule has 1 N–H and O–H groups in total. The van der Waals surface area contributed by atoms with E-state index >= 15 is 0 Å². The van der Waals surface area contributed by atoms with Gasteiger partial charge in [-0.15, -0.1) is 0 Å². The average Bonchev–Trinajstić information content (AvgIpc) is 2.02. The van der Waals surface area contributed by atoms with Crippen molar-refractivity contribution in [1.29, 1.82) is 0 Å². The second kappa shape index (κ2) is 6.96. The van der Waals surface area contributed by atoms with Crippen molar-refractivity contribution in [2.45, 2.75) is 15.6 Å². The Kier molecular flexibility index (Phi) is 8.45. The van der Waals surface area contributed by atoms with Gasteiger partial charge in [-0.05, 0) is 21.0 Å². The van der Waals surface area contributed by atoms with Crippen LogP contribution < -0.4 is 5.32 Å². The summed E-state index contributed by atoms with van der Waals surface area (Å²) in [6, 6.07) is 0. The fraction of sp³-hybridized carbons (Fsp3) is 0.857. The van der Waals surface area contributed by atoms with E-state index in [2.05, 4.69) is 10.1 Å². The third kappa shape index (κ3) is 5.47. The molecule has 3 nitrogen and oxygen atoms in total. The van der Waals surface area contributed by atoms with Gasteiger partial charge in [0.05, 0.1) is 7.11 Å². The normalized spacial score (nSPS) is 11.4. The molecule has 0 rings (SSSR count). The van der Waals surface area contributed by atoms with Crippen molar-refractivity contribution in [1.82, 2.24) is 5.32 Å². The van der Waals surface area contributed by atoms with Crippen LogP contribution in [-0.4, -0.2) is 35.8 Å². The van der Waals surface area contributed by atoms with E-state index in [-0.39, 0.29) is 0 Å². The van der Waals surface area contributed by atoms with E-state index in [1.54, 1.807) is 0 Å². The number of ether oxygens (including phenoxy) is 1. The van der Waals surface area contributed by atoms with Crippen LogP contribution >= 0.6 is 46.4 Å². The lowest BCUT2D eigenvalue weighted by molar-refractivity contribution is -0.141. The molecule has 0 saturated carbocycles. The number of halogens is 4. The maximum absolute atomic E-state index is 10.8. The lowest BCUT2D eigenvalue weighted by Crippen LogP contribution is -2.42. The molecule has 14 heavy (non-hydrogen) atoms. The Morgan fingerprint density at radius 3 is 1.57 bits per heavy atom. The van der Waals surface area contributed by atoms with Crippen LogP contribution in [0, 0.1) is 0 Å². The molecular formula is C7H13Cl4NO2. The summed E-state index contributed by atoms with van der Waals surface area (Å²) in [5.74, 6) is -0.881. The van der Waals surface area contributed by atoms with Gasteiger partial charge in [-0.1, -0.05) is 46.4 Å². The van der Waals surface area contributed by atoms with E-state index in [1.165, 1.54) is 6.92 Å². The van der Waals surface area contributed by atoms with Crippen molar-refractivity contribution in [3.8, 4) is 0 Å². The number of methoxy groups -OCH3 is 1. The first-order valence-electron chi connectivity index (χ1n) is 3.57. The summed E-state index contributed by atoms with van der Waals surface area (Å²) in [4.78, 5) is 10.8. The molecule has 0 aliphatic rings. The number of hydrogen-bond donors (Lipinski definition) is 1. The zero-order chi connectivity index (χ0) is 12.0. The van der Waals surface area contributed by atoms with Crippen LogP contribution in [0.3, 0.4) is 0 Å². The molecule has 0 saturated heterocycles. The minimum atomic E-state index is -1.94. The van der Waals surface area contributed by atoms with Crippen molar-refractivity contribution >= 4 is 52.4 Å². The van der Waals surface area contributed by atoms with Gasteiger partial charge in [-0.2, -0.15) is 0 Å². The van der Waals surface area contributed by atoms with Crippen molar-refractivity contribution in [3.63, 3.8) is 0 Å². The summed E-state index contributed by atoms with van der Waals surface area (Å²) in [6.45, 7) is 1.30. The highest BCUT2D eigenvalue weighted by molar-refractivity contribution is 6.68. The molecule has 0 radical (unpaired) electrons. The standard InChI is InChI=1S/C5H6Cl4O2.C2H7N/c1-4(6,7)5(8,9)3(10)11-2;1-3-2/h1-2H3;3H,1-2H3. The van der Waals surface area contributed by atoms with Crippen molar-refractivity contribution in [2.75, 3.05) is 21.2 Å². The molecule has 0 atom stereocenters. The number of rotatable bonds is 2. The minimum Gasteiger partial charge on any atom is -0.467 e. The number of alkyl halides is 4. The fourth-order valence-corrected chi connectivity index (χ4v) is 0.616. The van der Waals surface area contributed by atoms with Gasteiger partial charge >= 0.3 is 5.97 Å². The number of carbonyl (C=O) groups excluding carboxylic acids is 1. The molecule has 0 aromatic heterocycles. The van der Waals surface area contributed by atoms with E-state index in [0.29, 0.717) is 0 Å². The van der Waals surface area contributed by atoms with Gasteiger partial charge in [0.2, 0.25) is 4.33 Å². The molecule has 0 spiro atoms. The lowest BCUT2D eigenvalue weighted by atomic mass is 10.3. The van der Waals surface area contributed by atoms with Crippen LogP contribution in [0.5, 0.6) is 0 Å². The smallest absolute Gasteiger partial charge is 0.345 e. The highest BCUT2D eigenvalue weighted by Gasteiger charge is 2.51. The Hall–Kier alpha value is 0.590. The van der Waals surface area contributed by atoms with Gasteiger partial charge in [-0.25, -0.2) is 4.79 Å². The number of hydrogen-bond acceptors (Lipinski definition) is 3. The first kappa shape index (κ1) is 17.0. The zero-order valence-corrected chi connectivity index (χ0v) is 11.4. The topological polar surface area (TPSA) is 38.3 Å². The summed E-state index contributed by atoms with van der Waals surface area (Å²) in [6.07, 6.45) is 0. The Balaban J connectivity index is 0. The number of nitrogens with one attached hydrogen (secondary N) is 1. The third-order valence-electron chi connectivity index (χ3n) is 0.993. The van der Waals surface area contributed by atoms with E-state index in [1.807, 2.05) is 14.1 Å². The van der Waals surface area contributed by atoms with Gasteiger partial charge in [0.25, 0.3) is 0 Å². The maximum atomic E-state index is 10.8. The molecule has 0 aromatic carbocycles. The van der Waals surface area contributed by atoms with Crippen molar-refractivity contribution < 1.29 is 9.53 Å². The largest absolute Gasteiger partial charge is 0.467 e. The molecule has 0 aliphatic heterocycles. The summed E-state index contributed by atoms with van der Waals surface area (Å²) in [5.41, 5.74) is 0. The van der Waals surface area contributed by atoms with Gasteiger partial charge in [0, 0.05) is 0 Å². The van der Waals surface area contributed by atoms with Gasteiger partial charge in [0.15, 0.2) is 4.33 Å². The molecule has 86 valence electrons. The number of esters is 1.